The molecule has 0 atom stereocenters. The molecule has 0 unspecified atom stereocenters. The predicted molar refractivity (Wildman–Crippen MR) is 80.3 cm³/mol. The number of rotatable bonds is 4. The summed E-state index contributed by atoms with van der Waals surface area (Å²) in [6.45, 7) is 2.57. The zero-order valence-electron chi connectivity index (χ0n) is 11.5. The lowest BCUT2D eigenvalue weighted by Crippen LogP contribution is -2.39. The van der Waals surface area contributed by atoms with Crippen LogP contribution in [0.3, 0.4) is 0 Å². The third-order valence-corrected chi connectivity index (χ3v) is 4.10. The number of alkyl halides is 3. The molecule has 1 saturated heterocycles. The van der Waals surface area contributed by atoms with Crippen molar-refractivity contribution in [2.24, 2.45) is 0 Å². The average molecular weight is 314 g/mol. The molecule has 0 aliphatic carbocycles. The molecule has 0 amide bonds. The molecule has 0 saturated carbocycles. The highest BCUT2D eigenvalue weighted by molar-refractivity contribution is 8.00. The zero-order valence-corrected chi connectivity index (χ0v) is 12.3. The quantitative estimate of drug-likeness (QED) is 0.672. The van der Waals surface area contributed by atoms with Gasteiger partial charge in [0.05, 0.1) is 6.54 Å². The third-order valence-electron chi connectivity index (χ3n) is 3.36. The van der Waals surface area contributed by atoms with E-state index in [-0.39, 0.29) is 16.7 Å². The van der Waals surface area contributed by atoms with Gasteiger partial charge in [0.1, 0.15) is 0 Å². The second kappa shape index (κ2) is 7.10. The van der Waals surface area contributed by atoms with Gasteiger partial charge in [-0.1, -0.05) is 5.92 Å². The van der Waals surface area contributed by atoms with Crippen molar-refractivity contribution in [3.05, 3.63) is 24.3 Å². The van der Waals surface area contributed by atoms with Crippen LogP contribution in [0.1, 0.15) is 12.8 Å². The molecule has 1 aromatic carbocycles. The van der Waals surface area contributed by atoms with Crippen LogP contribution >= 0.6 is 11.8 Å². The second-order valence-corrected chi connectivity index (χ2v) is 6.11. The van der Waals surface area contributed by atoms with E-state index in [0.29, 0.717) is 12.6 Å². The molecule has 1 aliphatic heterocycles. The second-order valence-electron chi connectivity index (χ2n) is 4.97. The van der Waals surface area contributed by atoms with E-state index in [1.165, 1.54) is 12.1 Å². The molecule has 1 aromatic rings. The zero-order chi connectivity index (χ0) is 15.3. The Bertz CT molecular complexity index is 485. The Hall–Kier alpha value is -1.32. The van der Waals surface area contributed by atoms with Crippen molar-refractivity contribution in [1.82, 2.24) is 4.90 Å². The molecule has 1 fully saturated rings. The van der Waals surface area contributed by atoms with Crippen LogP contribution in [0.15, 0.2) is 29.2 Å². The van der Waals surface area contributed by atoms with E-state index in [1.54, 1.807) is 12.1 Å². The fraction of sp³-hybridized carbons (Fsp3) is 0.467. The first-order valence-corrected chi connectivity index (χ1v) is 7.56. The highest BCUT2D eigenvalue weighted by atomic mass is 32.2. The molecule has 114 valence electrons. The molecule has 21 heavy (non-hydrogen) atoms. The number of piperidine rings is 1. The van der Waals surface area contributed by atoms with Gasteiger partial charge in [-0.05, 0) is 48.9 Å². The van der Waals surface area contributed by atoms with Crippen molar-refractivity contribution in [3.8, 4) is 12.3 Å². The SMILES string of the molecule is C#CCN1CCC(Nc2ccc(SC(F)(F)F)cc2)CC1. The number of halogens is 3. The van der Waals surface area contributed by atoms with Crippen LogP contribution in [-0.2, 0) is 0 Å². The molecule has 0 aromatic heterocycles. The minimum absolute atomic E-state index is 0.0920. The normalized spacial score (nSPS) is 17.4. The molecule has 2 rings (SSSR count). The van der Waals surface area contributed by atoms with Crippen molar-refractivity contribution in [2.45, 2.75) is 29.3 Å². The van der Waals surface area contributed by atoms with E-state index in [4.69, 9.17) is 6.42 Å². The number of likely N-dealkylation sites (tertiary alicyclic amines) is 1. The van der Waals surface area contributed by atoms with E-state index >= 15 is 0 Å². The van der Waals surface area contributed by atoms with Crippen LogP contribution in [0, 0.1) is 12.3 Å². The van der Waals surface area contributed by atoms with Crippen LogP contribution in [0.2, 0.25) is 0 Å². The Labute approximate surface area is 127 Å². The number of hydrogen-bond acceptors (Lipinski definition) is 3. The Morgan fingerprint density at radius 3 is 2.38 bits per heavy atom. The Kier molecular flexibility index (Phi) is 5.43. The van der Waals surface area contributed by atoms with E-state index in [0.717, 1.165) is 31.6 Å². The maximum absolute atomic E-state index is 12.2. The van der Waals surface area contributed by atoms with Crippen molar-refractivity contribution in [1.29, 1.82) is 0 Å². The number of thioether (sulfide) groups is 1. The minimum atomic E-state index is -4.24. The first-order valence-electron chi connectivity index (χ1n) is 6.74. The summed E-state index contributed by atoms with van der Waals surface area (Å²) in [5.74, 6) is 2.64. The molecular weight excluding hydrogens is 297 g/mol. The third kappa shape index (κ3) is 5.52. The van der Waals surface area contributed by atoms with Crippen molar-refractivity contribution < 1.29 is 13.2 Å². The number of benzene rings is 1. The maximum atomic E-state index is 12.2. The standard InChI is InChI=1S/C15H17F3N2S/c1-2-9-20-10-7-13(8-11-20)19-12-3-5-14(6-4-12)21-15(16,17)18/h1,3-6,13,19H,7-11H2. The molecule has 2 nitrogen and oxygen atoms in total. The number of terminal acetylenes is 1. The Balaban J connectivity index is 1.83. The molecule has 1 heterocycles. The summed E-state index contributed by atoms with van der Waals surface area (Å²) in [7, 11) is 0. The molecule has 0 spiro atoms. The summed E-state index contributed by atoms with van der Waals surface area (Å²) in [4.78, 5) is 2.43. The van der Waals surface area contributed by atoms with Crippen LogP contribution in [0.25, 0.3) is 0 Å². The summed E-state index contributed by atoms with van der Waals surface area (Å²) >= 11 is -0.0920. The summed E-state index contributed by atoms with van der Waals surface area (Å²) < 4.78 is 36.7. The van der Waals surface area contributed by atoms with Crippen molar-refractivity contribution >= 4 is 17.4 Å². The van der Waals surface area contributed by atoms with Crippen LogP contribution in [0.5, 0.6) is 0 Å². The lowest BCUT2D eigenvalue weighted by molar-refractivity contribution is -0.0328. The number of hydrogen-bond donors (Lipinski definition) is 1. The molecular formula is C15H17F3N2S. The molecule has 6 heteroatoms. The fourth-order valence-corrected chi connectivity index (χ4v) is 2.89. The van der Waals surface area contributed by atoms with Gasteiger partial charge in [-0.2, -0.15) is 13.2 Å². The topological polar surface area (TPSA) is 15.3 Å². The first kappa shape index (κ1) is 16.1. The van der Waals surface area contributed by atoms with Gasteiger partial charge in [-0.25, -0.2) is 0 Å². The van der Waals surface area contributed by atoms with Gasteiger partial charge in [0.15, 0.2) is 0 Å². The average Bonchev–Trinajstić information content (AvgIpc) is 2.42. The fourth-order valence-electron chi connectivity index (χ4n) is 2.35. The van der Waals surface area contributed by atoms with Gasteiger partial charge < -0.3 is 5.32 Å². The van der Waals surface area contributed by atoms with Gasteiger partial charge in [0.2, 0.25) is 0 Å². The monoisotopic (exact) mass is 314 g/mol. The summed E-state index contributed by atoms with van der Waals surface area (Å²) in [5, 5.41) is 3.36. The highest BCUT2D eigenvalue weighted by Crippen LogP contribution is 2.37. The predicted octanol–water partition coefficient (Wildman–Crippen LogP) is 3.81. The van der Waals surface area contributed by atoms with E-state index < -0.39 is 5.51 Å². The van der Waals surface area contributed by atoms with E-state index in [2.05, 4.69) is 16.1 Å². The van der Waals surface area contributed by atoms with Gasteiger partial charge in [0, 0.05) is 29.7 Å². The van der Waals surface area contributed by atoms with Gasteiger partial charge in [-0.3, -0.25) is 4.90 Å². The highest BCUT2D eigenvalue weighted by Gasteiger charge is 2.29. The van der Waals surface area contributed by atoms with Gasteiger partial charge in [-0.15, -0.1) is 6.42 Å². The minimum Gasteiger partial charge on any atom is -0.382 e. The summed E-state index contributed by atoms with van der Waals surface area (Å²) in [5.41, 5.74) is -3.38. The van der Waals surface area contributed by atoms with Crippen molar-refractivity contribution in [3.63, 3.8) is 0 Å². The van der Waals surface area contributed by atoms with E-state index in [9.17, 15) is 13.2 Å². The Morgan fingerprint density at radius 1 is 1.24 bits per heavy atom. The largest absolute Gasteiger partial charge is 0.446 e. The van der Waals surface area contributed by atoms with Crippen molar-refractivity contribution in [2.75, 3.05) is 25.0 Å². The van der Waals surface area contributed by atoms with Crippen LogP contribution < -0.4 is 5.32 Å². The van der Waals surface area contributed by atoms with E-state index in [1.807, 2.05) is 0 Å². The number of nitrogens with one attached hydrogen (secondary N) is 1. The van der Waals surface area contributed by atoms with Gasteiger partial charge in [0.25, 0.3) is 0 Å². The maximum Gasteiger partial charge on any atom is 0.446 e. The molecule has 1 aliphatic rings. The van der Waals surface area contributed by atoms with Crippen LogP contribution in [-0.4, -0.2) is 36.1 Å². The van der Waals surface area contributed by atoms with Gasteiger partial charge >= 0.3 is 5.51 Å². The Morgan fingerprint density at radius 2 is 1.86 bits per heavy atom. The molecule has 1 N–H and O–H groups in total. The molecule has 0 radical (unpaired) electrons. The summed E-state index contributed by atoms with van der Waals surface area (Å²) in [6.07, 6.45) is 7.26. The molecule has 0 bridgehead atoms. The number of anilines is 1. The van der Waals surface area contributed by atoms with Crippen LogP contribution in [0.4, 0.5) is 18.9 Å². The summed E-state index contributed by atoms with van der Waals surface area (Å²) in [6, 6.07) is 6.73. The lowest BCUT2D eigenvalue weighted by Gasteiger charge is -2.31. The smallest absolute Gasteiger partial charge is 0.382 e. The lowest BCUT2D eigenvalue weighted by atomic mass is 10.0. The first-order chi connectivity index (χ1) is 9.96. The number of nitrogens with zero attached hydrogens (tertiary/aromatic N) is 1.